The minimum atomic E-state index is -0.446. The molecule has 3 N–H and O–H groups in total. The number of carbonyl (C=O) groups excluding carboxylic acids is 2. The molecule has 17 heavy (non-hydrogen) atoms. The highest BCUT2D eigenvalue weighted by molar-refractivity contribution is 5.82. The molecule has 0 radical (unpaired) electrons. The molecule has 1 aliphatic heterocycles. The van der Waals surface area contributed by atoms with Gasteiger partial charge < -0.3 is 16.0 Å². The van der Waals surface area contributed by atoms with Crippen LogP contribution in [0.15, 0.2) is 0 Å². The average Bonchev–Trinajstić information content (AvgIpc) is 2.22. The number of piperidine rings is 1. The molecular formula is C12H23N3O2. The van der Waals surface area contributed by atoms with Crippen LogP contribution >= 0.6 is 0 Å². The van der Waals surface area contributed by atoms with E-state index >= 15 is 0 Å². The summed E-state index contributed by atoms with van der Waals surface area (Å²) in [6.45, 7) is 4.67. The van der Waals surface area contributed by atoms with E-state index in [4.69, 9.17) is 5.73 Å². The van der Waals surface area contributed by atoms with E-state index in [0.29, 0.717) is 31.7 Å². The maximum absolute atomic E-state index is 11.8. The average molecular weight is 241 g/mol. The van der Waals surface area contributed by atoms with E-state index in [0.717, 1.165) is 0 Å². The molecule has 1 fully saturated rings. The van der Waals surface area contributed by atoms with Crippen molar-refractivity contribution in [2.24, 2.45) is 11.7 Å². The van der Waals surface area contributed by atoms with Gasteiger partial charge in [0.25, 0.3) is 0 Å². The molecule has 0 aromatic rings. The Bertz CT molecular complexity index is 291. The molecule has 0 aromatic heterocycles. The van der Waals surface area contributed by atoms with Gasteiger partial charge in [0.05, 0.1) is 6.04 Å². The normalized spacial score (nSPS) is 22.8. The molecule has 1 heterocycles. The van der Waals surface area contributed by atoms with Crippen LogP contribution in [0.2, 0.25) is 0 Å². The zero-order valence-electron chi connectivity index (χ0n) is 10.9. The molecule has 0 bridgehead atoms. The van der Waals surface area contributed by atoms with Crippen molar-refractivity contribution in [1.82, 2.24) is 10.2 Å². The molecule has 1 aliphatic rings. The fourth-order valence-corrected chi connectivity index (χ4v) is 2.05. The highest BCUT2D eigenvalue weighted by Crippen LogP contribution is 2.10. The number of likely N-dealkylation sites (N-methyl/N-ethyl adjacent to an activating group) is 1. The third-order valence-corrected chi connectivity index (χ3v) is 3.04. The topological polar surface area (TPSA) is 75.4 Å². The molecule has 2 amide bonds. The maximum atomic E-state index is 11.8. The quantitative estimate of drug-likeness (QED) is 0.733. The second kappa shape index (κ2) is 6.00. The first kappa shape index (κ1) is 14.0. The lowest BCUT2D eigenvalue weighted by molar-refractivity contribution is -0.134. The number of hydrogen-bond donors (Lipinski definition) is 2. The highest BCUT2D eigenvalue weighted by atomic mass is 16.2. The zero-order valence-corrected chi connectivity index (χ0v) is 10.9. The maximum Gasteiger partial charge on any atom is 0.237 e. The second-order valence-corrected chi connectivity index (χ2v) is 5.25. The first-order chi connectivity index (χ1) is 7.90. The van der Waals surface area contributed by atoms with Crippen LogP contribution < -0.4 is 11.1 Å². The molecule has 1 unspecified atom stereocenters. The molecule has 1 rings (SSSR count). The third-order valence-electron chi connectivity index (χ3n) is 3.04. The molecule has 5 heteroatoms. The highest BCUT2D eigenvalue weighted by Gasteiger charge is 2.25. The molecule has 0 aliphatic carbocycles. The van der Waals surface area contributed by atoms with Gasteiger partial charge in [0.2, 0.25) is 11.8 Å². The fourth-order valence-electron chi connectivity index (χ4n) is 2.05. The summed E-state index contributed by atoms with van der Waals surface area (Å²) in [5, 5.41) is 2.92. The van der Waals surface area contributed by atoms with Gasteiger partial charge in [-0.25, -0.2) is 0 Å². The van der Waals surface area contributed by atoms with E-state index in [1.165, 1.54) is 0 Å². The van der Waals surface area contributed by atoms with E-state index in [2.05, 4.69) is 5.32 Å². The van der Waals surface area contributed by atoms with Crippen molar-refractivity contribution in [1.29, 1.82) is 0 Å². The summed E-state index contributed by atoms with van der Waals surface area (Å²) in [7, 11) is 1.76. The van der Waals surface area contributed by atoms with Gasteiger partial charge in [-0.3, -0.25) is 9.59 Å². The Balaban J connectivity index is 2.38. The first-order valence-electron chi connectivity index (χ1n) is 6.20. The second-order valence-electron chi connectivity index (χ2n) is 5.25. The van der Waals surface area contributed by atoms with Crippen molar-refractivity contribution in [3.63, 3.8) is 0 Å². The van der Waals surface area contributed by atoms with Gasteiger partial charge in [0.1, 0.15) is 0 Å². The molecule has 0 spiro atoms. The summed E-state index contributed by atoms with van der Waals surface area (Å²) >= 11 is 0. The Morgan fingerprint density at radius 1 is 1.59 bits per heavy atom. The smallest absolute Gasteiger partial charge is 0.237 e. The predicted molar refractivity (Wildman–Crippen MR) is 66.2 cm³/mol. The lowest BCUT2D eigenvalue weighted by atomic mass is 10.0. The van der Waals surface area contributed by atoms with Crippen LogP contribution in [-0.2, 0) is 9.59 Å². The minimum Gasteiger partial charge on any atom is -0.350 e. The minimum absolute atomic E-state index is 0.0448. The number of nitrogens with one attached hydrogen (secondary N) is 1. The van der Waals surface area contributed by atoms with Crippen molar-refractivity contribution < 1.29 is 9.59 Å². The molecule has 0 saturated carbocycles. The summed E-state index contributed by atoms with van der Waals surface area (Å²) in [6, 6.07) is -0.402. The van der Waals surface area contributed by atoms with Crippen LogP contribution in [0.4, 0.5) is 0 Å². The summed E-state index contributed by atoms with van der Waals surface area (Å²) in [4.78, 5) is 24.7. The Kier molecular flexibility index (Phi) is 4.93. The third kappa shape index (κ3) is 4.34. The molecule has 1 saturated heterocycles. The van der Waals surface area contributed by atoms with Crippen molar-refractivity contribution >= 4 is 11.8 Å². The van der Waals surface area contributed by atoms with E-state index in [1.54, 1.807) is 11.9 Å². The Labute approximate surface area is 103 Å². The van der Waals surface area contributed by atoms with E-state index in [-0.39, 0.29) is 17.9 Å². The molecule has 0 aromatic carbocycles. The van der Waals surface area contributed by atoms with Crippen molar-refractivity contribution in [3.8, 4) is 0 Å². The number of rotatable bonds is 4. The van der Waals surface area contributed by atoms with Gasteiger partial charge in [-0.2, -0.15) is 0 Å². The molecular weight excluding hydrogens is 218 g/mol. The van der Waals surface area contributed by atoms with Crippen LogP contribution in [0.5, 0.6) is 0 Å². The summed E-state index contributed by atoms with van der Waals surface area (Å²) < 4.78 is 0. The van der Waals surface area contributed by atoms with Crippen LogP contribution in [0.3, 0.4) is 0 Å². The van der Waals surface area contributed by atoms with Crippen molar-refractivity contribution in [2.45, 2.75) is 45.2 Å². The fraction of sp³-hybridized carbons (Fsp3) is 0.833. The van der Waals surface area contributed by atoms with E-state index in [9.17, 15) is 9.59 Å². The number of hydrogen-bond acceptors (Lipinski definition) is 3. The van der Waals surface area contributed by atoms with E-state index in [1.807, 2.05) is 13.8 Å². The predicted octanol–water partition coefficient (Wildman–Crippen LogP) is 0.0968. The summed E-state index contributed by atoms with van der Waals surface area (Å²) in [5.41, 5.74) is 5.80. The monoisotopic (exact) mass is 241 g/mol. The van der Waals surface area contributed by atoms with Crippen LogP contribution in [0, 0.1) is 5.92 Å². The number of likely N-dealkylation sites (tertiary alicyclic amines) is 1. The number of nitrogens with zero attached hydrogens (tertiary/aromatic N) is 1. The van der Waals surface area contributed by atoms with Crippen LogP contribution in [0.25, 0.3) is 0 Å². The molecule has 5 nitrogen and oxygen atoms in total. The summed E-state index contributed by atoms with van der Waals surface area (Å²) in [5.74, 6) is 0.444. The summed E-state index contributed by atoms with van der Waals surface area (Å²) in [6.07, 6.45) is 1.90. The first-order valence-corrected chi connectivity index (χ1v) is 6.20. The van der Waals surface area contributed by atoms with Gasteiger partial charge >= 0.3 is 0 Å². The van der Waals surface area contributed by atoms with Crippen molar-refractivity contribution in [2.75, 3.05) is 13.6 Å². The van der Waals surface area contributed by atoms with Gasteiger partial charge in [-0.15, -0.1) is 0 Å². The van der Waals surface area contributed by atoms with E-state index < -0.39 is 6.04 Å². The lowest BCUT2D eigenvalue weighted by Crippen LogP contribution is -2.52. The van der Waals surface area contributed by atoms with Crippen molar-refractivity contribution in [3.05, 3.63) is 0 Å². The van der Waals surface area contributed by atoms with Gasteiger partial charge in [0.15, 0.2) is 0 Å². The standard InChI is InChI=1S/C12H23N3O2/c1-8(2)6-10(13)12(17)14-9-4-5-11(16)15(3)7-9/h8-10H,4-7,13H2,1-3H3,(H,14,17)/t9?,10-/m1/s1. The molecule has 98 valence electrons. The number of carbonyl (C=O) groups is 2. The Morgan fingerprint density at radius 3 is 2.76 bits per heavy atom. The van der Waals surface area contributed by atoms with Gasteiger partial charge in [-0.05, 0) is 18.8 Å². The van der Waals surface area contributed by atoms with Gasteiger partial charge in [-0.1, -0.05) is 13.8 Å². The largest absolute Gasteiger partial charge is 0.350 e. The van der Waals surface area contributed by atoms with Crippen LogP contribution in [-0.4, -0.2) is 42.4 Å². The molecule has 2 atom stereocenters. The lowest BCUT2D eigenvalue weighted by Gasteiger charge is -2.31. The van der Waals surface area contributed by atoms with Crippen LogP contribution in [0.1, 0.15) is 33.1 Å². The number of nitrogens with two attached hydrogens (primary N) is 1. The van der Waals surface area contributed by atoms with Gasteiger partial charge in [0, 0.05) is 26.1 Å². The Hall–Kier alpha value is -1.10. The zero-order chi connectivity index (χ0) is 13.0. The number of amides is 2. The Morgan fingerprint density at radius 2 is 2.24 bits per heavy atom. The SMILES string of the molecule is CC(C)C[C@@H](N)C(=O)NC1CCC(=O)N(C)C1.